The average Bonchev–Trinajstić information content (AvgIpc) is 2.14. The van der Waals surface area contributed by atoms with Gasteiger partial charge in [0.1, 0.15) is 0 Å². The predicted octanol–water partition coefficient (Wildman–Crippen LogP) is 2.64. The Labute approximate surface area is 101 Å². The van der Waals surface area contributed by atoms with Gasteiger partial charge in [-0.15, -0.1) is 0 Å². The monoisotopic (exact) mass is 224 g/mol. The molecule has 0 amide bonds. The maximum Gasteiger partial charge on any atom is 0.0197 e. The molecule has 0 spiro atoms. The second kappa shape index (κ2) is 6.02. The van der Waals surface area contributed by atoms with Crippen LogP contribution in [0.15, 0.2) is 0 Å². The van der Waals surface area contributed by atoms with Gasteiger partial charge in [0.05, 0.1) is 0 Å². The minimum Gasteiger partial charge on any atom is -0.311 e. The van der Waals surface area contributed by atoms with E-state index >= 15 is 0 Å². The van der Waals surface area contributed by atoms with Crippen molar-refractivity contribution in [2.75, 3.05) is 19.6 Å². The lowest BCUT2D eigenvalue weighted by atomic mass is 9.83. The SMILES string of the molecule is CC(C)NC1CCCN(CCC2CCC2)C1. The largest absolute Gasteiger partial charge is 0.311 e. The summed E-state index contributed by atoms with van der Waals surface area (Å²) in [6, 6.07) is 1.38. The third-order valence-electron chi connectivity index (χ3n) is 4.15. The zero-order valence-electron chi connectivity index (χ0n) is 11.0. The Hall–Kier alpha value is -0.0800. The van der Waals surface area contributed by atoms with Crippen LogP contribution in [-0.2, 0) is 0 Å². The standard InChI is InChI=1S/C14H28N2/c1-12(2)15-14-7-4-9-16(11-14)10-8-13-5-3-6-13/h12-15H,3-11H2,1-2H3. The van der Waals surface area contributed by atoms with E-state index < -0.39 is 0 Å². The number of hydrogen-bond acceptors (Lipinski definition) is 2. The van der Waals surface area contributed by atoms with Gasteiger partial charge in [-0.25, -0.2) is 0 Å². The Balaban J connectivity index is 1.64. The highest BCUT2D eigenvalue weighted by Gasteiger charge is 2.22. The minimum atomic E-state index is 0.636. The molecule has 1 atom stereocenters. The van der Waals surface area contributed by atoms with Gasteiger partial charge in [-0.1, -0.05) is 33.1 Å². The molecule has 0 bridgehead atoms. The van der Waals surface area contributed by atoms with Crippen molar-refractivity contribution in [3.8, 4) is 0 Å². The van der Waals surface area contributed by atoms with E-state index in [1.807, 2.05) is 0 Å². The Morgan fingerprint density at radius 3 is 2.62 bits per heavy atom. The molecule has 0 aromatic rings. The van der Waals surface area contributed by atoms with Crippen LogP contribution in [0.25, 0.3) is 0 Å². The summed E-state index contributed by atoms with van der Waals surface area (Å²) in [5.74, 6) is 1.07. The highest BCUT2D eigenvalue weighted by atomic mass is 15.2. The summed E-state index contributed by atoms with van der Waals surface area (Å²) in [6.07, 6.45) is 8.70. The first-order valence-corrected chi connectivity index (χ1v) is 7.22. The molecule has 16 heavy (non-hydrogen) atoms. The molecule has 0 radical (unpaired) electrons. The van der Waals surface area contributed by atoms with Crippen molar-refractivity contribution in [1.29, 1.82) is 0 Å². The molecule has 1 N–H and O–H groups in total. The molecular formula is C14H28N2. The quantitative estimate of drug-likeness (QED) is 0.772. The summed E-state index contributed by atoms with van der Waals surface area (Å²) in [5, 5.41) is 3.69. The molecular weight excluding hydrogens is 196 g/mol. The third-order valence-corrected chi connectivity index (χ3v) is 4.15. The van der Waals surface area contributed by atoms with Crippen molar-refractivity contribution in [3.05, 3.63) is 0 Å². The summed E-state index contributed by atoms with van der Waals surface area (Å²) in [7, 11) is 0. The molecule has 1 unspecified atom stereocenters. The summed E-state index contributed by atoms with van der Waals surface area (Å²) < 4.78 is 0. The normalized spacial score (nSPS) is 28.3. The molecule has 1 saturated carbocycles. The Bertz CT molecular complexity index is 199. The highest BCUT2D eigenvalue weighted by Crippen LogP contribution is 2.29. The van der Waals surface area contributed by atoms with Crippen molar-refractivity contribution >= 4 is 0 Å². The van der Waals surface area contributed by atoms with E-state index in [1.165, 1.54) is 58.2 Å². The molecule has 2 rings (SSSR count). The smallest absolute Gasteiger partial charge is 0.0197 e. The van der Waals surface area contributed by atoms with Crippen LogP contribution in [-0.4, -0.2) is 36.6 Å². The number of likely N-dealkylation sites (tertiary alicyclic amines) is 1. The fourth-order valence-corrected chi connectivity index (χ4v) is 3.01. The molecule has 0 aromatic heterocycles. The van der Waals surface area contributed by atoms with Gasteiger partial charge in [-0.3, -0.25) is 0 Å². The van der Waals surface area contributed by atoms with Crippen LogP contribution in [0.1, 0.15) is 52.4 Å². The Morgan fingerprint density at radius 2 is 2.00 bits per heavy atom. The molecule has 2 fully saturated rings. The number of hydrogen-bond donors (Lipinski definition) is 1. The lowest BCUT2D eigenvalue weighted by Gasteiger charge is -2.36. The topological polar surface area (TPSA) is 15.3 Å². The van der Waals surface area contributed by atoms with Crippen molar-refractivity contribution in [2.45, 2.75) is 64.5 Å². The predicted molar refractivity (Wildman–Crippen MR) is 69.7 cm³/mol. The molecule has 1 saturated heterocycles. The lowest BCUT2D eigenvalue weighted by Crippen LogP contribution is -2.48. The second-order valence-corrected chi connectivity index (χ2v) is 6.05. The van der Waals surface area contributed by atoms with Gasteiger partial charge in [0, 0.05) is 18.6 Å². The van der Waals surface area contributed by atoms with E-state index in [1.54, 1.807) is 0 Å². The van der Waals surface area contributed by atoms with E-state index in [0.717, 1.165) is 12.0 Å². The molecule has 1 aliphatic carbocycles. The summed E-state index contributed by atoms with van der Waals surface area (Å²) >= 11 is 0. The van der Waals surface area contributed by atoms with Crippen LogP contribution in [0.2, 0.25) is 0 Å². The van der Waals surface area contributed by atoms with Crippen LogP contribution in [0, 0.1) is 5.92 Å². The van der Waals surface area contributed by atoms with Gasteiger partial charge in [0.25, 0.3) is 0 Å². The Morgan fingerprint density at radius 1 is 1.19 bits per heavy atom. The van der Waals surface area contributed by atoms with Crippen molar-refractivity contribution in [2.24, 2.45) is 5.92 Å². The summed E-state index contributed by atoms with van der Waals surface area (Å²) in [6.45, 7) is 8.48. The van der Waals surface area contributed by atoms with E-state index in [9.17, 15) is 0 Å². The van der Waals surface area contributed by atoms with Crippen molar-refractivity contribution in [3.63, 3.8) is 0 Å². The van der Waals surface area contributed by atoms with Crippen LogP contribution >= 0.6 is 0 Å². The number of nitrogens with one attached hydrogen (secondary N) is 1. The fraction of sp³-hybridized carbons (Fsp3) is 1.00. The maximum absolute atomic E-state index is 3.69. The molecule has 94 valence electrons. The first-order chi connectivity index (χ1) is 7.74. The lowest BCUT2D eigenvalue weighted by molar-refractivity contribution is 0.161. The van der Waals surface area contributed by atoms with Gasteiger partial charge < -0.3 is 10.2 Å². The maximum atomic E-state index is 3.69. The highest BCUT2D eigenvalue weighted by molar-refractivity contribution is 4.80. The summed E-state index contributed by atoms with van der Waals surface area (Å²) in [4.78, 5) is 2.68. The average molecular weight is 224 g/mol. The first kappa shape index (κ1) is 12.4. The second-order valence-electron chi connectivity index (χ2n) is 6.05. The van der Waals surface area contributed by atoms with E-state index in [2.05, 4.69) is 24.1 Å². The van der Waals surface area contributed by atoms with Crippen LogP contribution in [0.5, 0.6) is 0 Å². The van der Waals surface area contributed by atoms with Gasteiger partial charge in [0.2, 0.25) is 0 Å². The van der Waals surface area contributed by atoms with Gasteiger partial charge in [-0.2, -0.15) is 0 Å². The zero-order valence-corrected chi connectivity index (χ0v) is 11.0. The van der Waals surface area contributed by atoms with Crippen LogP contribution < -0.4 is 5.32 Å². The first-order valence-electron chi connectivity index (χ1n) is 7.22. The molecule has 1 heterocycles. The van der Waals surface area contributed by atoms with E-state index in [0.29, 0.717) is 6.04 Å². The van der Waals surface area contributed by atoms with Crippen LogP contribution in [0.3, 0.4) is 0 Å². The molecule has 2 heteroatoms. The Kier molecular flexibility index (Phi) is 4.66. The van der Waals surface area contributed by atoms with Crippen LogP contribution in [0.4, 0.5) is 0 Å². The number of rotatable bonds is 5. The van der Waals surface area contributed by atoms with Gasteiger partial charge in [0.15, 0.2) is 0 Å². The van der Waals surface area contributed by atoms with Gasteiger partial charge in [-0.05, 0) is 38.3 Å². The summed E-state index contributed by atoms with van der Waals surface area (Å²) in [5.41, 5.74) is 0. The van der Waals surface area contributed by atoms with Crippen molar-refractivity contribution in [1.82, 2.24) is 10.2 Å². The minimum absolute atomic E-state index is 0.636. The number of piperidine rings is 1. The molecule has 2 aliphatic rings. The molecule has 0 aromatic carbocycles. The van der Waals surface area contributed by atoms with E-state index in [4.69, 9.17) is 0 Å². The molecule has 2 nitrogen and oxygen atoms in total. The van der Waals surface area contributed by atoms with Gasteiger partial charge >= 0.3 is 0 Å². The molecule has 1 aliphatic heterocycles. The zero-order chi connectivity index (χ0) is 11.4. The van der Waals surface area contributed by atoms with Crippen molar-refractivity contribution < 1.29 is 0 Å². The third kappa shape index (κ3) is 3.74. The fourth-order valence-electron chi connectivity index (χ4n) is 3.01. The number of nitrogens with zero attached hydrogens (tertiary/aromatic N) is 1. The van der Waals surface area contributed by atoms with E-state index in [-0.39, 0.29) is 0 Å².